The lowest BCUT2D eigenvalue weighted by atomic mass is 9.93. The Morgan fingerprint density at radius 3 is 2.68 bits per heavy atom. The van der Waals surface area contributed by atoms with Gasteiger partial charge >= 0.3 is 0 Å². The monoisotopic (exact) mass is 348 g/mol. The van der Waals surface area contributed by atoms with E-state index in [2.05, 4.69) is 0 Å². The van der Waals surface area contributed by atoms with Gasteiger partial charge in [-0.05, 0) is 38.4 Å². The first-order valence-corrected chi connectivity index (χ1v) is 9.04. The van der Waals surface area contributed by atoms with E-state index in [0.29, 0.717) is 45.8 Å². The third-order valence-electron chi connectivity index (χ3n) is 4.89. The molecule has 2 fully saturated rings. The summed E-state index contributed by atoms with van der Waals surface area (Å²) in [5.41, 5.74) is 0.269. The van der Waals surface area contributed by atoms with Crippen molar-refractivity contribution < 1.29 is 19.4 Å². The van der Waals surface area contributed by atoms with Gasteiger partial charge in [-0.2, -0.15) is 0 Å². The molecule has 0 aliphatic carbocycles. The highest BCUT2D eigenvalue weighted by Gasteiger charge is 2.35. The van der Waals surface area contributed by atoms with E-state index >= 15 is 0 Å². The maximum atomic E-state index is 12.4. The Morgan fingerprint density at radius 2 is 1.96 bits per heavy atom. The van der Waals surface area contributed by atoms with Gasteiger partial charge in [0.1, 0.15) is 18.0 Å². The van der Waals surface area contributed by atoms with Crippen LogP contribution in [0, 0.1) is 6.92 Å². The molecule has 6 heteroatoms. The Balaban J connectivity index is 1.50. The summed E-state index contributed by atoms with van der Waals surface area (Å²) in [6.45, 7) is 6.48. The fourth-order valence-corrected chi connectivity index (χ4v) is 3.42. The number of hydrogen-bond donors (Lipinski definition) is 1. The van der Waals surface area contributed by atoms with Gasteiger partial charge in [0.15, 0.2) is 0 Å². The van der Waals surface area contributed by atoms with Crippen molar-refractivity contribution in [2.45, 2.75) is 25.4 Å². The van der Waals surface area contributed by atoms with Gasteiger partial charge in [0.2, 0.25) is 5.91 Å². The number of rotatable bonds is 5. The molecule has 2 aliphatic rings. The lowest BCUT2D eigenvalue weighted by Gasteiger charge is -2.39. The van der Waals surface area contributed by atoms with Crippen LogP contribution in [0.3, 0.4) is 0 Å². The molecule has 1 aromatic carbocycles. The van der Waals surface area contributed by atoms with Crippen molar-refractivity contribution in [2.75, 3.05) is 52.5 Å². The number of piperidine rings is 1. The van der Waals surface area contributed by atoms with Gasteiger partial charge in [0.05, 0.1) is 19.8 Å². The van der Waals surface area contributed by atoms with Crippen molar-refractivity contribution in [3.8, 4) is 5.75 Å². The van der Waals surface area contributed by atoms with E-state index in [1.165, 1.54) is 5.56 Å². The van der Waals surface area contributed by atoms with E-state index in [-0.39, 0.29) is 12.5 Å². The number of ether oxygens (including phenoxy) is 2. The summed E-state index contributed by atoms with van der Waals surface area (Å²) in [6, 6.07) is 7.82. The van der Waals surface area contributed by atoms with Crippen LogP contribution in [0.2, 0.25) is 0 Å². The van der Waals surface area contributed by atoms with Crippen LogP contribution in [-0.4, -0.2) is 79.0 Å². The standard InChI is InChI=1S/C19H28N2O4/c1-16-3-5-17(6-4-16)25-15-19(23)7-2-8-20(14-19)13-18(22)21-9-11-24-12-10-21/h3-6,23H,2,7-15H2,1H3/t19-/m0/s1. The lowest BCUT2D eigenvalue weighted by Crippen LogP contribution is -2.54. The van der Waals surface area contributed by atoms with Crippen LogP contribution in [0.1, 0.15) is 18.4 Å². The molecule has 0 aromatic heterocycles. The Morgan fingerprint density at radius 1 is 1.24 bits per heavy atom. The third kappa shape index (κ3) is 5.17. The number of aryl methyl sites for hydroxylation is 1. The second kappa shape index (κ2) is 8.17. The zero-order valence-electron chi connectivity index (χ0n) is 14.9. The van der Waals surface area contributed by atoms with Crippen molar-refractivity contribution in [1.82, 2.24) is 9.80 Å². The lowest BCUT2D eigenvalue weighted by molar-refractivity contribution is -0.138. The molecule has 3 rings (SSSR count). The summed E-state index contributed by atoms with van der Waals surface area (Å²) >= 11 is 0. The number of carbonyl (C=O) groups is 1. The molecule has 25 heavy (non-hydrogen) atoms. The number of β-amino-alcohol motifs (C(OH)–C–C–N with tert-alkyl or cyclic N) is 1. The average molecular weight is 348 g/mol. The fourth-order valence-electron chi connectivity index (χ4n) is 3.42. The molecule has 138 valence electrons. The van der Waals surface area contributed by atoms with E-state index in [4.69, 9.17) is 9.47 Å². The molecular formula is C19H28N2O4. The zero-order chi connectivity index (χ0) is 17.7. The Labute approximate surface area is 149 Å². The van der Waals surface area contributed by atoms with Crippen LogP contribution in [0.4, 0.5) is 0 Å². The van der Waals surface area contributed by atoms with Crippen LogP contribution >= 0.6 is 0 Å². The smallest absolute Gasteiger partial charge is 0.236 e. The fraction of sp³-hybridized carbons (Fsp3) is 0.632. The number of amides is 1. The molecule has 1 atom stereocenters. The second-order valence-electron chi connectivity index (χ2n) is 7.13. The first-order valence-electron chi connectivity index (χ1n) is 9.04. The maximum absolute atomic E-state index is 12.4. The average Bonchev–Trinajstić information content (AvgIpc) is 2.62. The van der Waals surface area contributed by atoms with Gasteiger partial charge in [-0.1, -0.05) is 17.7 Å². The zero-order valence-corrected chi connectivity index (χ0v) is 14.9. The SMILES string of the molecule is Cc1ccc(OC[C@]2(O)CCCN(CC(=O)N3CCOCC3)C2)cc1. The van der Waals surface area contributed by atoms with Crippen molar-refractivity contribution in [3.63, 3.8) is 0 Å². The molecule has 2 heterocycles. The van der Waals surface area contributed by atoms with Crippen LogP contribution in [0.5, 0.6) is 5.75 Å². The molecular weight excluding hydrogens is 320 g/mol. The predicted octanol–water partition coefficient (Wildman–Crippen LogP) is 1.06. The Kier molecular flexibility index (Phi) is 5.93. The first-order chi connectivity index (χ1) is 12.0. The maximum Gasteiger partial charge on any atom is 0.236 e. The summed E-state index contributed by atoms with van der Waals surface area (Å²) in [7, 11) is 0. The normalized spacial score (nSPS) is 25.0. The van der Waals surface area contributed by atoms with Gasteiger partial charge in [0, 0.05) is 19.6 Å². The second-order valence-corrected chi connectivity index (χ2v) is 7.13. The number of likely N-dealkylation sites (tertiary alicyclic amines) is 1. The first kappa shape index (κ1) is 18.2. The van der Waals surface area contributed by atoms with Crippen molar-refractivity contribution in [3.05, 3.63) is 29.8 Å². The van der Waals surface area contributed by atoms with Crippen LogP contribution in [0.25, 0.3) is 0 Å². The number of hydrogen-bond acceptors (Lipinski definition) is 5. The molecule has 1 aromatic rings. The van der Waals surface area contributed by atoms with Crippen molar-refractivity contribution >= 4 is 5.91 Å². The number of aliphatic hydroxyl groups is 1. The Hall–Kier alpha value is -1.63. The highest BCUT2D eigenvalue weighted by molar-refractivity contribution is 5.78. The highest BCUT2D eigenvalue weighted by atomic mass is 16.5. The third-order valence-corrected chi connectivity index (χ3v) is 4.89. The van der Waals surface area contributed by atoms with Crippen molar-refractivity contribution in [1.29, 1.82) is 0 Å². The highest BCUT2D eigenvalue weighted by Crippen LogP contribution is 2.23. The van der Waals surface area contributed by atoms with Gasteiger partial charge in [0.25, 0.3) is 0 Å². The van der Waals surface area contributed by atoms with Crippen LogP contribution in [0.15, 0.2) is 24.3 Å². The van der Waals surface area contributed by atoms with Crippen LogP contribution in [-0.2, 0) is 9.53 Å². The molecule has 1 amide bonds. The topological polar surface area (TPSA) is 62.2 Å². The van der Waals surface area contributed by atoms with E-state index in [9.17, 15) is 9.90 Å². The minimum absolute atomic E-state index is 0.118. The molecule has 0 bridgehead atoms. The number of morpholine rings is 1. The largest absolute Gasteiger partial charge is 0.491 e. The quantitative estimate of drug-likeness (QED) is 0.862. The summed E-state index contributed by atoms with van der Waals surface area (Å²) in [5.74, 6) is 0.882. The van der Waals surface area contributed by atoms with E-state index in [1.807, 2.05) is 41.0 Å². The van der Waals surface area contributed by atoms with Crippen molar-refractivity contribution in [2.24, 2.45) is 0 Å². The predicted molar refractivity (Wildman–Crippen MR) is 94.7 cm³/mol. The van der Waals surface area contributed by atoms with Gasteiger partial charge in [-0.25, -0.2) is 0 Å². The minimum Gasteiger partial charge on any atom is -0.491 e. The summed E-state index contributed by atoms with van der Waals surface area (Å²) < 4.78 is 11.1. The minimum atomic E-state index is -0.908. The molecule has 0 unspecified atom stereocenters. The van der Waals surface area contributed by atoms with E-state index < -0.39 is 5.60 Å². The number of carbonyl (C=O) groups excluding carboxylic acids is 1. The molecule has 6 nitrogen and oxygen atoms in total. The van der Waals surface area contributed by atoms with Gasteiger partial charge in [-0.3, -0.25) is 9.69 Å². The summed E-state index contributed by atoms with van der Waals surface area (Å²) in [5, 5.41) is 10.9. The van der Waals surface area contributed by atoms with Gasteiger partial charge < -0.3 is 19.5 Å². The molecule has 2 aliphatic heterocycles. The van der Waals surface area contributed by atoms with E-state index in [1.54, 1.807) is 0 Å². The molecule has 0 radical (unpaired) electrons. The summed E-state index contributed by atoms with van der Waals surface area (Å²) in [4.78, 5) is 16.3. The molecule has 0 spiro atoms. The van der Waals surface area contributed by atoms with Crippen LogP contribution < -0.4 is 4.74 Å². The molecule has 1 N–H and O–H groups in total. The number of nitrogens with zero attached hydrogens (tertiary/aromatic N) is 2. The Bertz CT molecular complexity index is 571. The summed E-state index contributed by atoms with van der Waals surface area (Å²) in [6.07, 6.45) is 1.56. The molecule has 2 saturated heterocycles. The number of benzene rings is 1. The van der Waals surface area contributed by atoms with Gasteiger partial charge in [-0.15, -0.1) is 0 Å². The molecule has 0 saturated carbocycles. The van der Waals surface area contributed by atoms with E-state index in [0.717, 1.165) is 18.7 Å².